The van der Waals surface area contributed by atoms with E-state index in [0.29, 0.717) is 6.04 Å². The van der Waals surface area contributed by atoms with Crippen molar-refractivity contribution in [1.82, 2.24) is 5.32 Å². The Morgan fingerprint density at radius 3 is 2.12 bits per heavy atom. The number of nitrogens with one attached hydrogen (secondary N) is 2. The van der Waals surface area contributed by atoms with Crippen molar-refractivity contribution in [2.75, 3.05) is 12.4 Å². The Labute approximate surface area is 104 Å². The number of benzene rings is 1. The standard InChI is InChI=1S/C14H22N2O/c1-10(15-5)11-6-8-12(9-7-11)16-13(17)14(2,3)4/h6-10,15H,1-5H3,(H,16,17). The monoisotopic (exact) mass is 234 g/mol. The van der Waals surface area contributed by atoms with Gasteiger partial charge >= 0.3 is 0 Å². The Kier molecular flexibility index (Phi) is 4.29. The number of anilines is 1. The summed E-state index contributed by atoms with van der Waals surface area (Å²) in [7, 11) is 1.93. The second-order valence-corrected chi connectivity index (χ2v) is 5.34. The lowest BCUT2D eigenvalue weighted by atomic mass is 9.95. The number of rotatable bonds is 3. The molecule has 0 aliphatic carbocycles. The lowest BCUT2D eigenvalue weighted by Gasteiger charge is -2.18. The van der Waals surface area contributed by atoms with Gasteiger partial charge in [-0.1, -0.05) is 32.9 Å². The Morgan fingerprint density at radius 1 is 1.18 bits per heavy atom. The molecule has 1 aromatic rings. The van der Waals surface area contributed by atoms with Crippen molar-refractivity contribution in [1.29, 1.82) is 0 Å². The topological polar surface area (TPSA) is 41.1 Å². The zero-order valence-electron chi connectivity index (χ0n) is 11.3. The van der Waals surface area contributed by atoms with Gasteiger partial charge in [-0.05, 0) is 31.7 Å². The highest BCUT2D eigenvalue weighted by Crippen LogP contribution is 2.19. The van der Waals surface area contributed by atoms with Crippen molar-refractivity contribution in [2.24, 2.45) is 5.41 Å². The van der Waals surface area contributed by atoms with Gasteiger partial charge in [0.25, 0.3) is 0 Å². The van der Waals surface area contributed by atoms with Gasteiger partial charge in [-0.15, -0.1) is 0 Å². The molecule has 1 unspecified atom stereocenters. The van der Waals surface area contributed by atoms with Gasteiger partial charge in [0.05, 0.1) is 0 Å². The second-order valence-electron chi connectivity index (χ2n) is 5.34. The van der Waals surface area contributed by atoms with E-state index in [1.165, 1.54) is 5.56 Å². The molecule has 0 aromatic heterocycles. The summed E-state index contributed by atoms with van der Waals surface area (Å²) in [6.07, 6.45) is 0. The molecule has 3 nitrogen and oxygen atoms in total. The van der Waals surface area contributed by atoms with Crippen LogP contribution < -0.4 is 10.6 Å². The Bertz CT molecular complexity index is 376. The van der Waals surface area contributed by atoms with Crippen LogP contribution in [0.25, 0.3) is 0 Å². The molecule has 0 spiro atoms. The average Bonchev–Trinajstić information content (AvgIpc) is 2.27. The molecule has 0 aliphatic rings. The summed E-state index contributed by atoms with van der Waals surface area (Å²) in [5.41, 5.74) is 1.69. The van der Waals surface area contributed by atoms with E-state index in [1.807, 2.05) is 52.1 Å². The Morgan fingerprint density at radius 2 is 1.71 bits per heavy atom. The third-order valence-electron chi connectivity index (χ3n) is 2.78. The van der Waals surface area contributed by atoms with Gasteiger partial charge in [-0.3, -0.25) is 4.79 Å². The van der Waals surface area contributed by atoms with Crippen LogP contribution in [0.15, 0.2) is 24.3 Å². The molecule has 3 heteroatoms. The predicted octanol–water partition coefficient (Wildman–Crippen LogP) is 2.95. The highest BCUT2D eigenvalue weighted by Gasteiger charge is 2.20. The normalized spacial score (nSPS) is 13.2. The lowest BCUT2D eigenvalue weighted by Crippen LogP contribution is -2.27. The van der Waals surface area contributed by atoms with Crippen molar-refractivity contribution in [3.8, 4) is 0 Å². The molecule has 94 valence electrons. The van der Waals surface area contributed by atoms with Crippen molar-refractivity contribution < 1.29 is 4.79 Å². The van der Waals surface area contributed by atoms with E-state index in [4.69, 9.17) is 0 Å². The third kappa shape index (κ3) is 3.86. The second kappa shape index (κ2) is 5.32. The molecule has 1 amide bonds. The first-order valence-electron chi connectivity index (χ1n) is 5.93. The predicted molar refractivity (Wildman–Crippen MR) is 72.0 cm³/mol. The van der Waals surface area contributed by atoms with Crippen LogP contribution in [0.5, 0.6) is 0 Å². The van der Waals surface area contributed by atoms with Gasteiger partial charge in [0.15, 0.2) is 0 Å². The van der Waals surface area contributed by atoms with Gasteiger partial charge in [0.1, 0.15) is 0 Å². The first kappa shape index (κ1) is 13.7. The van der Waals surface area contributed by atoms with Gasteiger partial charge in [0.2, 0.25) is 5.91 Å². The molecule has 1 aromatic carbocycles. The fourth-order valence-electron chi connectivity index (χ4n) is 1.34. The molecule has 0 fully saturated rings. The van der Waals surface area contributed by atoms with E-state index in [9.17, 15) is 4.79 Å². The van der Waals surface area contributed by atoms with Crippen LogP contribution in [0, 0.1) is 5.41 Å². The smallest absolute Gasteiger partial charge is 0.229 e. The number of hydrogen-bond donors (Lipinski definition) is 2. The summed E-state index contributed by atoms with van der Waals surface area (Å²) in [6, 6.07) is 8.25. The van der Waals surface area contributed by atoms with E-state index in [0.717, 1.165) is 5.69 Å². The zero-order chi connectivity index (χ0) is 13.1. The van der Waals surface area contributed by atoms with Crippen molar-refractivity contribution in [3.63, 3.8) is 0 Å². The molecule has 17 heavy (non-hydrogen) atoms. The Balaban J connectivity index is 2.72. The molecule has 1 rings (SSSR count). The maximum atomic E-state index is 11.8. The molecule has 0 saturated heterocycles. The fourth-order valence-corrected chi connectivity index (χ4v) is 1.34. The molecule has 0 aliphatic heterocycles. The number of amides is 1. The van der Waals surface area contributed by atoms with Crippen molar-refractivity contribution in [3.05, 3.63) is 29.8 Å². The average molecular weight is 234 g/mol. The molecule has 0 heterocycles. The van der Waals surface area contributed by atoms with Gasteiger partial charge in [0, 0.05) is 17.1 Å². The van der Waals surface area contributed by atoms with E-state index in [1.54, 1.807) is 0 Å². The van der Waals surface area contributed by atoms with Crippen LogP contribution in [0.3, 0.4) is 0 Å². The minimum atomic E-state index is -0.364. The highest BCUT2D eigenvalue weighted by molar-refractivity contribution is 5.94. The van der Waals surface area contributed by atoms with Gasteiger partial charge in [-0.2, -0.15) is 0 Å². The summed E-state index contributed by atoms with van der Waals surface area (Å²) < 4.78 is 0. The van der Waals surface area contributed by atoms with Gasteiger partial charge in [-0.25, -0.2) is 0 Å². The van der Waals surface area contributed by atoms with E-state index < -0.39 is 0 Å². The van der Waals surface area contributed by atoms with Crippen LogP contribution in [0.1, 0.15) is 39.3 Å². The molecule has 1 atom stereocenters. The molecule has 0 radical (unpaired) electrons. The SMILES string of the molecule is CNC(C)c1ccc(NC(=O)C(C)(C)C)cc1. The quantitative estimate of drug-likeness (QED) is 0.844. The van der Waals surface area contributed by atoms with Crippen LogP contribution in [0.4, 0.5) is 5.69 Å². The number of hydrogen-bond acceptors (Lipinski definition) is 2. The number of carbonyl (C=O) groups is 1. The molecule has 0 saturated carbocycles. The minimum absolute atomic E-state index is 0.0342. The fraction of sp³-hybridized carbons (Fsp3) is 0.500. The van der Waals surface area contributed by atoms with Crippen molar-refractivity contribution in [2.45, 2.75) is 33.7 Å². The first-order chi connectivity index (χ1) is 7.84. The molecular weight excluding hydrogens is 212 g/mol. The van der Waals surface area contributed by atoms with E-state index in [-0.39, 0.29) is 11.3 Å². The van der Waals surface area contributed by atoms with Gasteiger partial charge < -0.3 is 10.6 Å². The lowest BCUT2D eigenvalue weighted by molar-refractivity contribution is -0.123. The molecular formula is C14H22N2O. The summed E-state index contributed by atoms with van der Waals surface area (Å²) in [5, 5.41) is 6.09. The van der Waals surface area contributed by atoms with Crippen LogP contribution in [-0.4, -0.2) is 13.0 Å². The molecule has 2 N–H and O–H groups in total. The Hall–Kier alpha value is -1.35. The van der Waals surface area contributed by atoms with Crippen LogP contribution in [-0.2, 0) is 4.79 Å². The minimum Gasteiger partial charge on any atom is -0.326 e. The molecule has 0 bridgehead atoms. The summed E-state index contributed by atoms with van der Waals surface area (Å²) in [6.45, 7) is 7.81. The zero-order valence-corrected chi connectivity index (χ0v) is 11.3. The third-order valence-corrected chi connectivity index (χ3v) is 2.78. The summed E-state index contributed by atoms with van der Waals surface area (Å²) in [5.74, 6) is 0.0342. The van der Waals surface area contributed by atoms with Crippen molar-refractivity contribution >= 4 is 11.6 Å². The van der Waals surface area contributed by atoms with E-state index in [2.05, 4.69) is 17.6 Å². The van der Waals surface area contributed by atoms with Crippen LogP contribution >= 0.6 is 0 Å². The largest absolute Gasteiger partial charge is 0.326 e. The summed E-state index contributed by atoms with van der Waals surface area (Å²) >= 11 is 0. The maximum absolute atomic E-state index is 11.8. The first-order valence-corrected chi connectivity index (χ1v) is 5.93. The maximum Gasteiger partial charge on any atom is 0.229 e. The number of carbonyl (C=O) groups excluding carboxylic acids is 1. The van der Waals surface area contributed by atoms with Crippen LogP contribution in [0.2, 0.25) is 0 Å². The highest BCUT2D eigenvalue weighted by atomic mass is 16.2. The summed E-state index contributed by atoms with van der Waals surface area (Å²) in [4.78, 5) is 11.8. The van der Waals surface area contributed by atoms with E-state index >= 15 is 0 Å².